The molecule has 3 atom stereocenters. The molecule has 0 bridgehead atoms. The third kappa shape index (κ3) is 1.44. The summed E-state index contributed by atoms with van der Waals surface area (Å²) in [6.07, 6.45) is 1.59. The van der Waals surface area contributed by atoms with Crippen LogP contribution in [0.15, 0.2) is 0 Å². The minimum atomic E-state index is -0.945. The Morgan fingerprint density at radius 2 is 2.14 bits per heavy atom. The maximum atomic E-state index is 11.7. The van der Waals surface area contributed by atoms with E-state index >= 15 is 0 Å². The second-order valence-corrected chi connectivity index (χ2v) is 4.64. The Bertz CT molecular complexity index is 235. The molecule has 0 aromatic heterocycles. The highest BCUT2D eigenvalue weighted by molar-refractivity contribution is 5.78. The molecule has 1 rings (SSSR count). The predicted octanol–water partition coefficient (Wildman–Crippen LogP) is 1.74. The SMILES string of the molecule is CCOC(=O)C1(C)CCC(C)C1(C)O. The highest BCUT2D eigenvalue weighted by Crippen LogP contribution is 2.50. The summed E-state index contributed by atoms with van der Waals surface area (Å²) in [6.45, 7) is 7.67. The van der Waals surface area contributed by atoms with Crippen LogP contribution in [-0.2, 0) is 9.53 Å². The van der Waals surface area contributed by atoms with Gasteiger partial charge in [0.05, 0.1) is 17.6 Å². The van der Waals surface area contributed by atoms with Crippen molar-refractivity contribution in [2.45, 2.75) is 46.1 Å². The molecular formula is C11H20O3. The van der Waals surface area contributed by atoms with Crippen LogP contribution in [0, 0.1) is 11.3 Å². The van der Waals surface area contributed by atoms with Gasteiger partial charge in [-0.1, -0.05) is 6.92 Å². The maximum absolute atomic E-state index is 11.7. The third-order valence-electron chi connectivity index (χ3n) is 3.88. The van der Waals surface area contributed by atoms with E-state index in [1.807, 2.05) is 6.92 Å². The fourth-order valence-electron chi connectivity index (χ4n) is 2.18. The van der Waals surface area contributed by atoms with Crippen molar-refractivity contribution in [1.29, 1.82) is 0 Å². The molecule has 1 fully saturated rings. The summed E-state index contributed by atoms with van der Waals surface area (Å²) in [5.74, 6) is -0.119. The van der Waals surface area contributed by atoms with Gasteiger partial charge in [-0.25, -0.2) is 0 Å². The molecule has 0 aliphatic heterocycles. The average molecular weight is 200 g/mol. The maximum Gasteiger partial charge on any atom is 0.314 e. The molecule has 1 aliphatic carbocycles. The van der Waals surface area contributed by atoms with Crippen molar-refractivity contribution >= 4 is 5.97 Å². The van der Waals surface area contributed by atoms with E-state index in [0.29, 0.717) is 13.0 Å². The molecule has 1 saturated carbocycles. The van der Waals surface area contributed by atoms with Gasteiger partial charge >= 0.3 is 5.97 Å². The predicted molar refractivity (Wildman–Crippen MR) is 53.8 cm³/mol. The van der Waals surface area contributed by atoms with Crippen LogP contribution in [0.2, 0.25) is 0 Å². The van der Waals surface area contributed by atoms with Crippen molar-refractivity contribution in [3.63, 3.8) is 0 Å². The van der Waals surface area contributed by atoms with E-state index in [1.54, 1.807) is 20.8 Å². The van der Waals surface area contributed by atoms with Gasteiger partial charge in [0.2, 0.25) is 0 Å². The molecule has 0 saturated heterocycles. The van der Waals surface area contributed by atoms with E-state index in [-0.39, 0.29) is 11.9 Å². The Balaban J connectivity index is 2.89. The van der Waals surface area contributed by atoms with Gasteiger partial charge in [-0.2, -0.15) is 0 Å². The number of ether oxygens (including phenoxy) is 1. The van der Waals surface area contributed by atoms with Crippen LogP contribution in [0.5, 0.6) is 0 Å². The van der Waals surface area contributed by atoms with E-state index in [9.17, 15) is 9.90 Å². The summed E-state index contributed by atoms with van der Waals surface area (Å²) in [4.78, 5) is 11.7. The largest absolute Gasteiger partial charge is 0.465 e. The number of hydrogen-bond acceptors (Lipinski definition) is 3. The zero-order valence-corrected chi connectivity index (χ0v) is 9.46. The Labute approximate surface area is 85.5 Å². The van der Waals surface area contributed by atoms with E-state index in [2.05, 4.69) is 0 Å². The van der Waals surface area contributed by atoms with Crippen molar-refractivity contribution in [2.24, 2.45) is 11.3 Å². The quantitative estimate of drug-likeness (QED) is 0.691. The number of esters is 1. The zero-order chi connectivity index (χ0) is 11.0. The van der Waals surface area contributed by atoms with Crippen LogP contribution in [-0.4, -0.2) is 23.3 Å². The van der Waals surface area contributed by atoms with Crippen molar-refractivity contribution in [3.05, 3.63) is 0 Å². The standard InChI is InChI=1S/C11H20O3/c1-5-14-9(12)10(3)7-6-8(2)11(10,4)13/h8,13H,5-7H2,1-4H3. The molecule has 0 aromatic carbocycles. The summed E-state index contributed by atoms with van der Waals surface area (Å²) in [7, 11) is 0. The number of hydrogen-bond donors (Lipinski definition) is 1. The highest BCUT2D eigenvalue weighted by atomic mass is 16.5. The number of rotatable bonds is 2. The highest BCUT2D eigenvalue weighted by Gasteiger charge is 2.57. The molecule has 3 nitrogen and oxygen atoms in total. The normalized spacial score (nSPS) is 42.5. The minimum absolute atomic E-state index is 0.150. The molecule has 0 aromatic rings. The number of carbonyl (C=O) groups excluding carboxylic acids is 1. The van der Waals surface area contributed by atoms with Gasteiger partial charge in [0, 0.05) is 0 Å². The van der Waals surface area contributed by atoms with E-state index in [1.165, 1.54) is 0 Å². The van der Waals surface area contributed by atoms with Crippen LogP contribution in [0.1, 0.15) is 40.5 Å². The monoisotopic (exact) mass is 200 g/mol. The van der Waals surface area contributed by atoms with Gasteiger partial charge in [-0.15, -0.1) is 0 Å². The number of carbonyl (C=O) groups is 1. The van der Waals surface area contributed by atoms with E-state index in [4.69, 9.17) is 4.74 Å². The fraction of sp³-hybridized carbons (Fsp3) is 0.909. The van der Waals surface area contributed by atoms with Crippen LogP contribution < -0.4 is 0 Å². The Hall–Kier alpha value is -0.570. The fourth-order valence-corrected chi connectivity index (χ4v) is 2.18. The lowest BCUT2D eigenvalue weighted by molar-refractivity contribution is -0.169. The third-order valence-corrected chi connectivity index (χ3v) is 3.88. The molecule has 0 radical (unpaired) electrons. The van der Waals surface area contributed by atoms with E-state index in [0.717, 1.165) is 6.42 Å². The van der Waals surface area contributed by atoms with Crippen molar-refractivity contribution in [2.75, 3.05) is 6.61 Å². The lowest BCUT2D eigenvalue weighted by Gasteiger charge is -2.36. The lowest BCUT2D eigenvalue weighted by atomic mass is 9.74. The molecule has 1 aliphatic rings. The van der Waals surface area contributed by atoms with Crippen molar-refractivity contribution in [3.8, 4) is 0 Å². The summed E-state index contributed by atoms with van der Waals surface area (Å²) in [5.41, 5.74) is -1.68. The lowest BCUT2D eigenvalue weighted by Crippen LogP contribution is -2.48. The topological polar surface area (TPSA) is 46.5 Å². The zero-order valence-electron chi connectivity index (χ0n) is 9.46. The first-order valence-electron chi connectivity index (χ1n) is 5.26. The minimum Gasteiger partial charge on any atom is -0.465 e. The summed E-state index contributed by atoms with van der Waals surface area (Å²) in [6, 6.07) is 0. The Morgan fingerprint density at radius 1 is 1.57 bits per heavy atom. The van der Waals surface area contributed by atoms with Gasteiger partial charge < -0.3 is 9.84 Å². The summed E-state index contributed by atoms with van der Waals surface area (Å²) in [5, 5.41) is 10.3. The Kier molecular flexibility index (Phi) is 2.91. The smallest absolute Gasteiger partial charge is 0.314 e. The van der Waals surface area contributed by atoms with Crippen LogP contribution in [0.25, 0.3) is 0 Å². The molecule has 3 unspecified atom stereocenters. The van der Waals surface area contributed by atoms with Crippen molar-refractivity contribution in [1.82, 2.24) is 0 Å². The van der Waals surface area contributed by atoms with Gasteiger partial charge in [0.1, 0.15) is 0 Å². The first kappa shape index (κ1) is 11.5. The molecule has 3 heteroatoms. The first-order chi connectivity index (χ1) is 6.36. The molecular weight excluding hydrogens is 180 g/mol. The van der Waals surface area contributed by atoms with Crippen molar-refractivity contribution < 1.29 is 14.6 Å². The van der Waals surface area contributed by atoms with Crippen LogP contribution in [0.3, 0.4) is 0 Å². The molecule has 1 N–H and O–H groups in total. The van der Waals surface area contributed by atoms with Gasteiger partial charge in [0.25, 0.3) is 0 Å². The number of aliphatic hydroxyl groups is 1. The molecule has 14 heavy (non-hydrogen) atoms. The molecule has 82 valence electrons. The average Bonchev–Trinajstić information content (AvgIpc) is 2.31. The Morgan fingerprint density at radius 3 is 2.50 bits per heavy atom. The van der Waals surface area contributed by atoms with Crippen LogP contribution >= 0.6 is 0 Å². The molecule has 0 spiro atoms. The van der Waals surface area contributed by atoms with Gasteiger partial charge in [-0.05, 0) is 39.5 Å². The molecule has 0 amide bonds. The van der Waals surface area contributed by atoms with Crippen LogP contribution in [0.4, 0.5) is 0 Å². The van der Waals surface area contributed by atoms with Gasteiger partial charge in [0.15, 0.2) is 0 Å². The van der Waals surface area contributed by atoms with Gasteiger partial charge in [-0.3, -0.25) is 4.79 Å². The summed E-state index contributed by atoms with van der Waals surface area (Å²) >= 11 is 0. The summed E-state index contributed by atoms with van der Waals surface area (Å²) < 4.78 is 5.01. The first-order valence-corrected chi connectivity index (χ1v) is 5.26. The second-order valence-electron chi connectivity index (χ2n) is 4.64. The van der Waals surface area contributed by atoms with E-state index < -0.39 is 11.0 Å². The molecule has 0 heterocycles. The second kappa shape index (κ2) is 3.54.